The first-order chi connectivity index (χ1) is 13.3. The Morgan fingerprint density at radius 3 is 2.57 bits per heavy atom. The summed E-state index contributed by atoms with van der Waals surface area (Å²) in [6, 6.07) is 2.89. The molecule has 0 aliphatic heterocycles. The van der Waals surface area contributed by atoms with Crippen LogP contribution in [0.1, 0.15) is 35.1 Å². The summed E-state index contributed by atoms with van der Waals surface area (Å²) in [6.45, 7) is 5.60. The molecule has 9 heteroatoms. The number of rotatable bonds is 8. The first-order valence-corrected chi connectivity index (χ1v) is 9.13. The van der Waals surface area contributed by atoms with Crippen LogP contribution in [0.4, 0.5) is 5.69 Å². The molecular weight excluding hydrogens is 386 g/mol. The molecule has 2 rings (SSSR count). The number of esters is 1. The van der Waals surface area contributed by atoms with Crippen LogP contribution in [0.25, 0.3) is 0 Å². The number of hydrogen-bond acceptors (Lipinski definition) is 6. The molecule has 1 aromatic heterocycles. The first-order valence-electron chi connectivity index (χ1n) is 8.75. The number of methoxy groups -OCH3 is 1. The van der Waals surface area contributed by atoms with Gasteiger partial charge in [0.15, 0.2) is 18.1 Å². The molecular formula is C19H24ClN3O5. The van der Waals surface area contributed by atoms with Crippen LogP contribution in [0.2, 0.25) is 5.02 Å². The summed E-state index contributed by atoms with van der Waals surface area (Å²) in [5, 5.41) is 7.15. The number of carbonyl (C=O) groups excluding carboxylic acids is 2. The van der Waals surface area contributed by atoms with Gasteiger partial charge in [-0.3, -0.25) is 9.48 Å². The molecule has 28 heavy (non-hydrogen) atoms. The number of halogens is 1. The summed E-state index contributed by atoms with van der Waals surface area (Å²) in [5.74, 6) is -0.479. The zero-order valence-corrected chi connectivity index (χ0v) is 17.3. The molecule has 152 valence electrons. The Bertz CT molecular complexity index is 879. The highest BCUT2D eigenvalue weighted by molar-refractivity contribution is 6.32. The highest BCUT2D eigenvalue weighted by Gasteiger charge is 2.19. The summed E-state index contributed by atoms with van der Waals surface area (Å²) in [4.78, 5) is 24.4. The molecule has 0 bridgehead atoms. The Labute approximate surface area is 168 Å². The summed E-state index contributed by atoms with van der Waals surface area (Å²) >= 11 is 6.20. The van der Waals surface area contributed by atoms with E-state index in [2.05, 4.69) is 10.4 Å². The Balaban J connectivity index is 2.04. The predicted octanol–water partition coefficient (Wildman–Crippen LogP) is 3.28. The molecule has 1 heterocycles. The van der Waals surface area contributed by atoms with Crippen LogP contribution < -0.4 is 14.8 Å². The minimum Gasteiger partial charge on any atom is -0.493 e. The lowest BCUT2D eigenvalue weighted by atomic mass is 10.2. The lowest BCUT2D eigenvalue weighted by Gasteiger charge is -2.13. The van der Waals surface area contributed by atoms with Crippen molar-refractivity contribution in [1.82, 2.24) is 9.78 Å². The van der Waals surface area contributed by atoms with Crippen LogP contribution in [-0.4, -0.2) is 42.0 Å². The van der Waals surface area contributed by atoms with E-state index in [1.807, 2.05) is 13.8 Å². The Morgan fingerprint density at radius 2 is 2.00 bits per heavy atom. The van der Waals surface area contributed by atoms with Crippen molar-refractivity contribution in [3.05, 3.63) is 34.1 Å². The minimum atomic E-state index is -0.697. The molecule has 0 atom stereocenters. The van der Waals surface area contributed by atoms with Crippen molar-refractivity contribution in [2.45, 2.75) is 27.2 Å². The van der Waals surface area contributed by atoms with Gasteiger partial charge < -0.3 is 19.5 Å². The zero-order valence-electron chi connectivity index (χ0n) is 16.6. The van der Waals surface area contributed by atoms with Gasteiger partial charge in [0.05, 0.1) is 41.4 Å². The van der Waals surface area contributed by atoms with Crippen molar-refractivity contribution in [3.63, 3.8) is 0 Å². The average molecular weight is 410 g/mol. The van der Waals surface area contributed by atoms with E-state index < -0.39 is 18.5 Å². The van der Waals surface area contributed by atoms with Gasteiger partial charge in [0.1, 0.15) is 0 Å². The largest absolute Gasteiger partial charge is 0.493 e. The third-order valence-corrected chi connectivity index (χ3v) is 4.30. The topological polar surface area (TPSA) is 91.7 Å². The second-order valence-corrected chi connectivity index (χ2v) is 6.54. The smallest absolute Gasteiger partial charge is 0.338 e. The van der Waals surface area contributed by atoms with Crippen LogP contribution in [0.5, 0.6) is 11.5 Å². The lowest BCUT2D eigenvalue weighted by Crippen LogP contribution is -2.21. The van der Waals surface area contributed by atoms with Crippen LogP contribution in [-0.2, 0) is 16.6 Å². The molecule has 0 aliphatic carbocycles. The van der Waals surface area contributed by atoms with Gasteiger partial charge in [-0.1, -0.05) is 18.5 Å². The summed E-state index contributed by atoms with van der Waals surface area (Å²) in [5.41, 5.74) is 2.24. The van der Waals surface area contributed by atoms with Crippen LogP contribution in [0.3, 0.4) is 0 Å². The number of carbonyl (C=O) groups is 2. The summed E-state index contributed by atoms with van der Waals surface area (Å²) in [6.07, 6.45) is 0.800. The van der Waals surface area contributed by atoms with Gasteiger partial charge >= 0.3 is 5.97 Å². The van der Waals surface area contributed by atoms with Gasteiger partial charge in [-0.05, 0) is 32.4 Å². The van der Waals surface area contributed by atoms with Crippen molar-refractivity contribution in [2.75, 3.05) is 25.6 Å². The highest BCUT2D eigenvalue weighted by atomic mass is 35.5. The molecule has 1 N–H and O–H groups in total. The van der Waals surface area contributed by atoms with Crippen LogP contribution >= 0.6 is 11.6 Å². The standard InChI is InChI=1S/C19H24ClN3O5/c1-6-7-27-18-14(20)8-13(9-15(18)26-5)19(25)28-10-16(24)21-17-11(2)22-23(4)12(17)3/h8-9H,6-7,10H2,1-5H3,(H,21,24). The molecule has 2 aromatic rings. The number of anilines is 1. The van der Waals surface area contributed by atoms with Gasteiger partial charge in [-0.25, -0.2) is 4.79 Å². The van der Waals surface area contributed by atoms with E-state index in [1.165, 1.54) is 19.2 Å². The number of nitrogens with one attached hydrogen (secondary N) is 1. The van der Waals surface area contributed by atoms with Gasteiger partial charge in [0.25, 0.3) is 5.91 Å². The monoisotopic (exact) mass is 409 g/mol. The quantitative estimate of drug-likeness (QED) is 0.672. The van der Waals surface area contributed by atoms with E-state index in [0.717, 1.165) is 12.1 Å². The second kappa shape index (κ2) is 9.45. The molecule has 0 unspecified atom stereocenters. The van der Waals surface area contributed by atoms with Crippen LogP contribution in [0, 0.1) is 13.8 Å². The van der Waals surface area contributed by atoms with Gasteiger partial charge in [-0.2, -0.15) is 5.10 Å². The number of benzene rings is 1. The Kier molecular flexibility index (Phi) is 7.28. The molecule has 0 saturated carbocycles. The fourth-order valence-corrected chi connectivity index (χ4v) is 2.79. The fourth-order valence-electron chi connectivity index (χ4n) is 2.53. The summed E-state index contributed by atoms with van der Waals surface area (Å²) < 4.78 is 17.5. The minimum absolute atomic E-state index is 0.159. The van der Waals surface area contributed by atoms with Gasteiger partial charge in [0, 0.05) is 7.05 Å². The third-order valence-electron chi connectivity index (χ3n) is 4.02. The Hall–Kier alpha value is -2.74. The maximum absolute atomic E-state index is 12.3. The number of aromatic nitrogens is 2. The maximum atomic E-state index is 12.3. The molecule has 0 spiro atoms. The van der Waals surface area contributed by atoms with E-state index in [1.54, 1.807) is 18.7 Å². The van der Waals surface area contributed by atoms with Gasteiger partial charge in [0.2, 0.25) is 0 Å². The number of ether oxygens (including phenoxy) is 3. The van der Waals surface area contributed by atoms with Crippen LogP contribution in [0.15, 0.2) is 12.1 Å². The number of aryl methyl sites for hydroxylation is 2. The van der Waals surface area contributed by atoms with E-state index in [9.17, 15) is 9.59 Å². The fraction of sp³-hybridized carbons (Fsp3) is 0.421. The maximum Gasteiger partial charge on any atom is 0.338 e. The van der Waals surface area contributed by atoms with Crippen molar-refractivity contribution in [1.29, 1.82) is 0 Å². The van der Waals surface area contributed by atoms with E-state index in [-0.39, 0.29) is 10.6 Å². The third kappa shape index (κ3) is 4.95. The van der Waals surface area contributed by atoms with E-state index in [4.69, 9.17) is 25.8 Å². The average Bonchev–Trinajstić information content (AvgIpc) is 2.90. The van der Waals surface area contributed by atoms with Gasteiger partial charge in [-0.15, -0.1) is 0 Å². The summed E-state index contributed by atoms with van der Waals surface area (Å²) in [7, 11) is 3.23. The van der Waals surface area contributed by atoms with E-state index >= 15 is 0 Å². The molecule has 0 aliphatic rings. The molecule has 1 aromatic carbocycles. The molecule has 0 saturated heterocycles. The van der Waals surface area contributed by atoms with Crippen molar-refractivity contribution in [2.24, 2.45) is 7.05 Å². The zero-order chi connectivity index (χ0) is 20.8. The number of amides is 1. The number of hydrogen-bond donors (Lipinski definition) is 1. The lowest BCUT2D eigenvalue weighted by molar-refractivity contribution is -0.119. The Morgan fingerprint density at radius 1 is 1.29 bits per heavy atom. The molecule has 0 radical (unpaired) electrons. The highest BCUT2D eigenvalue weighted by Crippen LogP contribution is 2.36. The van der Waals surface area contributed by atoms with Crippen molar-refractivity contribution < 1.29 is 23.8 Å². The van der Waals surface area contributed by atoms with E-state index in [0.29, 0.717) is 29.5 Å². The molecule has 0 fully saturated rings. The number of nitrogens with zero attached hydrogens (tertiary/aromatic N) is 2. The molecule has 8 nitrogen and oxygen atoms in total. The van der Waals surface area contributed by atoms with Crippen molar-refractivity contribution in [3.8, 4) is 11.5 Å². The van der Waals surface area contributed by atoms with Crippen molar-refractivity contribution >= 4 is 29.2 Å². The second-order valence-electron chi connectivity index (χ2n) is 6.13. The SMILES string of the molecule is CCCOc1c(Cl)cc(C(=O)OCC(=O)Nc2c(C)nn(C)c2C)cc1OC. The molecule has 1 amide bonds. The normalized spacial score (nSPS) is 10.5. The predicted molar refractivity (Wildman–Crippen MR) is 105 cm³/mol. The first kappa shape index (κ1) is 21.6.